The van der Waals surface area contributed by atoms with Gasteiger partial charge < -0.3 is 5.11 Å². The monoisotopic (exact) mass is 263 g/mol. The van der Waals surface area contributed by atoms with Crippen LogP contribution in [0, 0.1) is 0 Å². The van der Waals surface area contributed by atoms with Crippen LogP contribution in [0.2, 0.25) is 0 Å². The molecule has 0 spiro atoms. The number of carboxylic acid groups (broad SMARTS) is 1. The van der Waals surface area contributed by atoms with E-state index >= 15 is 0 Å². The first-order valence-electron chi connectivity index (χ1n) is 6.46. The number of nitrogens with zero attached hydrogens (tertiary/aromatic N) is 1. The molecule has 0 amide bonds. The Labute approximate surface area is 111 Å². The fourth-order valence-corrected chi connectivity index (χ4v) is 4.35. The molecule has 0 radical (unpaired) electrons. The van der Waals surface area contributed by atoms with E-state index in [1.807, 2.05) is 24.3 Å². The molecule has 0 bridgehead atoms. The van der Waals surface area contributed by atoms with Crippen molar-refractivity contribution in [2.45, 2.75) is 29.7 Å². The number of thioether (sulfide) groups is 1. The quantitative estimate of drug-likeness (QED) is 0.890. The van der Waals surface area contributed by atoms with Crippen LogP contribution in [0.4, 0.5) is 0 Å². The van der Waals surface area contributed by atoms with Crippen LogP contribution in [0.25, 0.3) is 0 Å². The summed E-state index contributed by atoms with van der Waals surface area (Å²) in [7, 11) is 0. The van der Waals surface area contributed by atoms with Gasteiger partial charge in [-0.15, -0.1) is 11.8 Å². The average molecular weight is 263 g/mol. The van der Waals surface area contributed by atoms with Gasteiger partial charge in [0.05, 0.1) is 0 Å². The van der Waals surface area contributed by atoms with Crippen molar-refractivity contribution in [1.29, 1.82) is 0 Å². The number of carbonyl (C=O) groups is 1. The fourth-order valence-electron chi connectivity index (χ4n) is 3.16. The number of rotatable bonds is 2. The summed E-state index contributed by atoms with van der Waals surface area (Å²) < 4.78 is 0. The summed E-state index contributed by atoms with van der Waals surface area (Å²) in [5.41, 5.74) is 0.217. The highest BCUT2D eigenvalue weighted by Gasteiger charge is 2.49. The van der Waals surface area contributed by atoms with E-state index in [4.69, 9.17) is 0 Å². The van der Waals surface area contributed by atoms with E-state index in [2.05, 4.69) is 4.90 Å². The van der Waals surface area contributed by atoms with Gasteiger partial charge in [0.1, 0.15) is 5.54 Å². The Morgan fingerprint density at radius 3 is 2.72 bits per heavy atom. The molecule has 0 saturated carbocycles. The second kappa shape index (κ2) is 4.59. The summed E-state index contributed by atoms with van der Waals surface area (Å²) in [5, 5.41) is 9.85. The molecule has 1 atom stereocenters. The standard InChI is InChI=1S/C14H17NO2S/c16-13(17)14(15-8-3-4-9-15)7-10-18-12-6-2-1-5-11(12)14/h1-2,5-6H,3-4,7-10H2,(H,16,17). The number of fused-ring (bicyclic) bond motifs is 1. The van der Waals surface area contributed by atoms with Crippen molar-refractivity contribution in [3.05, 3.63) is 29.8 Å². The third-order valence-electron chi connectivity index (χ3n) is 4.05. The van der Waals surface area contributed by atoms with E-state index in [0.717, 1.165) is 42.1 Å². The molecule has 96 valence electrons. The van der Waals surface area contributed by atoms with Crippen LogP contribution in [0.5, 0.6) is 0 Å². The van der Waals surface area contributed by atoms with Crippen molar-refractivity contribution < 1.29 is 9.90 Å². The van der Waals surface area contributed by atoms with Gasteiger partial charge in [0.15, 0.2) is 0 Å². The number of aliphatic carboxylic acids is 1. The van der Waals surface area contributed by atoms with Crippen LogP contribution in [0.15, 0.2) is 29.2 Å². The number of hydrogen-bond donors (Lipinski definition) is 1. The fraction of sp³-hybridized carbons (Fsp3) is 0.500. The number of benzene rings is 1. The van der Waals surface area contributed by atoms with Crippen molar-refractivity contribution >= 4 is 17.7 Å². The summed E-state index contributed by atoms with van der Waals surface area (Å²) in [6.45, 7) is 1.82. The molecule has 1 unspecified atom stereocenters. The number of likely N-dealkylation sites (tertiary alicyclic amines) is 1. The first kappa shape index (κ1) is 12.1. The molecule has 1 aromatic carbocycles. The smallest absolute Gasteiger partial charge is 0.328 e. The van der Waals surface area contributed by atoms with Crippen LogP contribution in [0.3, 0.4) is 0 Å². The second-order valence-electron chi connectivity index (χ2n) is 4.95. The van der Waals surface area contributed by atoms with Crippen molar-refractivity contribution in [1.82, 2.24) is 4.90 Å². The molecular weight excluding hydrogens is 246 g/mol. The molecule has 3 rings (SSSR count). The predicted octanol–water partition coefficient (Wildman–Crippen LogP) is 2.56. The van der Waals surface area contributed by atoms with Gasteiger partial charge in [-0.1, -0.05) is 18.2 Å². The number of hydrogen-bond acceptors (Lipinski definition) is 3. The summed E-state index contributed by atoms with van der Waals surface area (Å²) >= 11 is 1.78. The zero-order chi connectivity index (χ0) is 12.6. The summed E-state index contributed by atoms with van der Waals surface area (Å²) in [6, 6.07) is 7.99. The van der Waals surface area contributed by atoms with Crippen LogP contribution in [-0.2, 0) is 10.3 Å². The predicted molar refractivity (Wildman–Crippen MR) is 71.9 cm³/mol. The van der Waals surface area contributed by atoms with Crippen LogP contribution >= 0.6 is 11.8 Å². The van der Waals surface area contributed by atoms with Gasteiger partial charge in [-0.25, -0.2) is 4.79 Å². The van der Waals surface area contributed by atoms with Crippen molar-refractivity contribution in [2.24, 2.45) is 0 Å². The highest BCUT2D eigenvalue weighted by Crippen LogP contribution is 2.45. The minimum Gasteiger partial charge on any atom is -0.480 e. The maximum absolute atomic E-state index is 12.0. The number of carboxylic acids is 1. The van der Waals surface area contributed by atoms with E-state index in [1.54, 1.807) is 11.8 Å². The molecule has 2 aliphatic heterocycles. The molecule has 1 aromatic rings. The second-order valence-corrected chi connectivity index (χ2v) is 6.09. The maximum Gasteiger partial charge on any atom is 0.328 e. The van der Waals surface area contributed by atoms with Crippen molar-refractivity contribution in [3.63, 3.8) is 0 Å². The maximum atomic E-state index is 12.0. The first-order valence-corrected chi connectivity index (χ1v) is 7.44. The van der Waals surface area contributed by atoms with E-state index in [0.29, 0.717) is 6.42 Å². The van der Waals surface area contributed by atoms with Gasteiger partial charge in [0.2, 0.25) is 0 Å². The molecule has 4 heteroatoms. The lowest BCUT2D eigenvalue weighted by Gasteiger charge is -2.42. The Kier molecular flexibility index (Phi) is 3.08. The Bertz CT molecular complexity index is 471. The van der Waals surface area contributed by atoms with Crippen LogP contribution in [0.1, 0.15) is 24.8 Å². The summed E-state index contributed by atoms with van der Waals surface area (Å²) in [5.74, 6) is 0.206. The van der Waals surface area contributed by atoms with E-state index < -0.39 is 11.5 Å². The van der Waals surface area contributed by atoms with Crippen molar-refractivity contribution in [3.8, 4) is 0 Å². The van der Waals surface area contributed by atoms with Gasteiger partial charge in [-0.3, -0.25) is 4.90 Å². The highest BCUT2D eigenvalue weighted by atomic mass is 32.2. The van der Waals surface area contributed by atoms with Gasteiger partial charge in [-0.2, -0.15) is 0 Å². The van der Waals surface area contributed by atoms with E-state index in [-0.39, 0.29) is 0 Å². The minimum absolute atomic E-state index is 0.683. The van der Waals surface area contributed by atoms with Gasteiger partial charge in [0.25, 0.3) is 0 Å². The highest BCUT2D eigenvalue weighted by molar-refractivity contribution is 7.99. The SMILES string of the molecule is O=C(O)C1(N2CCCC2)CCSc2ccccc21. The lowest BCUT2D eigenvalue weighted by atomic mass is 9.85. The van der Waals surface area contributed by atoms with Crippen molar-refractivity contribution in [2.75, 3.05) is 18.8 Å². The largest absolute Gasteiger partial charge is 0.480 e. The Hall–Kier alpha value is -1.00. The van der Waals surface area contributed by atoms with Crippen LogP contribution in [-0.4, -0.2) is 34.8 Å². The molecule has 0 aliphatic carbocycles. The average Bonchev–Trinajstić information content (AvgIpc) is 2.92. The molecule has 18 heavy (non-hydrogen) atoms. The van der Waals surface area contributed by atoms with E-state index in [9.17, 15) is 9.90 Å². The Morgan fingerprint density at radius 2 is 2.00 bits per heavy atom. The first-order chi connectivity index (χ1) is 8.75. The molecule has 3 nitrogen and oxygen atoms in total. The Balaban J connectivity index is 2.13. The Morgan fingerprint density at radius 1 is 1.28 bits per heavy atom. The molecular formula is C14H17NO2S. The topological polar surface area (TPSA) is 40.5 Å². The van der Waals surface area contributed by atoms with Gasteiger partial charge in [-0.05, 0) is 44.0 Å². The molecule has 2 aliphatic rings. The molecule has 1 saturated heterocycles. The van der Waals surface area contributed by atoms with E-state index in [1.165, 1.54) is 0 Å². The molecule has 0 aromatic heterocycles. The summed E-state index contributed by atoms with van der Waals surface area (Å²) in [4.78, 5) is 15.3. The third kappa shape index (κ3) is 1.67. The molecule has 1 fully saturated rings. The van der Waals surface area contributed by atoms with Crippen LogP contribution < -0.4 is 0 Å². The zero-order valence-corrected chi connectivity index (χ0v) is 11.1. The van der Waals surface area contributed by atoms with Gasteiger partial charge >= 0.3 is 5.97 Å². The lowest BCUT2D eigenvalue weighted by molar-refractivity contribution is -0.152. The minimum atomic E-state index is -0.779. The molecule has 1 N–H and O–H groups in total. The zero-order valence-electron chi connectivity index (χ0n) is 10.3. The van der Waals surface area contributed by atoms with Gasteiger partial charge in [0, 0.05) is 10.6 Å². The lowest BCUT2D eigenvalue weighted by Crippen LogP contribution is -2.52. The molecule has 2 heterocycles. The normalized spacial score (nSPS) is 28.0. The summed E-state index contributed by atoms with van der Waals surface area (Å²) in [6.07, 6.45) is 2.94. The third-order valence-corrected chi connectivity index (χ3v) is 5.13.